The molecular weight excluding hydrogens is 466 g/mol. The van der Waals surface area contributed by atoms with Crippen molar-refractivity contribution in [3.05, 3.63) is 53.6 Å². The highest BCUT2D eigenvalue weighted by atomic mass is 32.2. The molecule has 0 saturated carbocycles. The van der Waals surface area contributed by atoms with Gasteiger partial charge in [-0.25, -0.2) is 0 Å². The first kappa shape index (κ1) is 26.6. The van der Waals surface area contributed by atoms with Gasteiger partial charge in [-0.3, -0.25) is 10.2 Å². The van der Waals surface area contributed by atoms with Gasteiger partial charge in [-0.2, -0.15) is 0 Å². The third-order valence-corrected chi connectivity index (χ3v) is 8.86. The summed E-state index contributed by atoms with van der Waals surface area (Å²) in [5.41, 5.74) is 9.63. The lowest BCUT2D eigenvalue weighted by Crippen LogP contribution is -2.50. The number of anilines is 2. The van der Waals surface area contributed by atoms with E-state index in [4.69, 9.17) is 11.1 Å². The highest BCUT2D eigenvalue weighted by Gasteiger charge is 2.35. The number of carbonyl (C=O) groups is 1. The average Bonchev–Trinajstić information content (AvgIpc) is 2.84. The third-order valence-electron chi connectivity index (χ3n) is 7.56. The molecule has 3 atom stereocenters. The van der Waals surface area contributed by atoms with Crippen molar-refractivity contribution in [3.63, 3.8) is 0 Å². The maximum absolute atomic E-state index is 13.8. The second-order valence-electron chi connectivity index (χ2n) is 10.9. The molecular formula is C29H41N5OS. The van der Waals surface area contributed by atoms with Crippen molar-refractivity contribution in [3.8, 4) is 0 Å². The fourth-order valence-corrected chi connectivity index (χ4v) is 6.74. The topological polar surface area (TPSA) is 85.5 Å². The number of nitrogens with two attached hydrogens (primary N) is 1. The van der Waals surface area contributed by atoms with Crippen LogP contribution in [0.1, 0.15) is 75.2 Å². The number of piperidine rings is 1. The Morgan fingerprint density at radius 3 is 2.75 bits per heavy atom. The van der Waals surface area contributed by atoms with Crippen LogP contribution in [0.4, 0.5) is 11.4 Å². The fourth-order valence-electron chi connectivity index (χ4n) is 5.54. The molecule has 7 heteroatoms. The fraction of sp³-hybridized carbons (Fsp3) is 0.517. The number of nitrogen functional groups attached to an aromatic ring is 1. The van der Waals surface area contributed by atoms with Gasteiger partial charge in [0.2, 0.25) is 5.91 Å². The first-order chi connectivity index (χ1) is 17.2. The number of hydrogen-bond donors (Lipinski definition) is 3. The van der Waals surface area contributed by atoms with E-state index in [9.17, 15) is 4.79 Å². The molecule has 1 fully saturated rings. The Labute approximate surface area is 220 Å². The predicted octanol–water partition coefficient (Wildman–Crippen LogP) is 5.70. The summed E-state index contributed by atoms with van der Waals surface area (Å²) in [4.78, 5) is 19.0. The molecule has 1 unspecified atom stereocenters. The van der Waals surface area contributed by atoms with Gasteiger partial charge in [0.05, 0.1) is 5.69 Å². The summed E-state index contributed by atoms with van der Waals surface area (Å²) in [6.07, 6.45) is 8.27. The van der Waals surface area contributed by atoms with Crippen molar-refractivity contribution < 1.29 is 4.79 Å². The lowest BCUT2D eigenvalue weighted by atomic mass is 9.84. The molecule has 0 radical (unpaired) electrons. The Morgan fingerprint density at radius 1 is 1.22 bits per heavy atom. The molecule has 1 saturated heterocycles. The second-order valence-corrected chi connectivity index (χ2v) is 12.0. The number of nitrogens with one attached hydrogen (secondary N) is 2. The summed E-state index contributed by atoms with van der Waals surface area (Å²) in [5, 5.41) is 11.3. The number of rotatable bonds is 9. The molecule has 2 aliphatic rings. The largest absolute Gasteiger partial charge is 0.384 e. The third kappa shape index (κ3) is 6.06. The number of amides is 1. The van der Waals surface area contributed by atoms with Crippen molar-refractivity contribution in [1.29, 1.82) is 5.41 Å². The van der Waals surface area contributed by atoms with E-state index in [1.807, 2.05) is 43.3 Å². The molecule has 2 heterocycles. The van der Waals surface area contributed by atoms with Crippen LogP contribution in [-0.4, -0.2) is 44.0 Å². The van der Waals surface area contributed by atoms with Crippen LogP contribution in [0.2, 0.25) is 0 Å². The monoisotopic (exact) mass is 507 g/mol. The zero-order valence-corrected chi connectivity index (χ0v) is 23.0. The van der Waals surface area contributed by atoms with Gasteiger partial charge in [0.15, 0.2) is 0 Å². The van der Waals surface area contributed by atoms with Gasteiger partial charge in [-0.05, 0) is 69.4 Å². The normalized spacial score (nSPS) is 23.9. The van der Waals surface area contributed by atoms with Crippen molar-refractivity contribution in [2.24, 2.45) is 5.73 Å². The zero-order chi connectivity index (χ0) is 25.9. The molecule has 0 bridgehead atoms. The Bertz CT molecular complexity index is 1100. The van der Waals surface area contributed by atoms with Crippen LogP contribution in [0.5, 0.6) is 0 Å². The number of unbranched alkanes of at least 4 members (excludes halogenated alkanes) is 2. The molecule has 0 spiro atoms. The lowest BCUT2D eigenvalue weighted by Gasteiger charge is -2.39. The molecule has 4 rings (SSSR count). The van der Waals surface area contributed by atoms with Crippen LogP contribution >= 0.6 is 11.8 Å². The van der Waals surface area contributed by atoms with E-state index in [1.165, 1.54) is 32.1 Å². The smallest absolute Gasteiger partial charge is 0.245 e. The van der Waals surface area contributed by atoms with Crippen LogP contribution in [0.15, 0.2) is 47.4 Å². The molecule has 0 aromatic heterocycles. The van der Waals surface area contributed by atoms with E-state index < -0.39 is 0 Å². The van der Waals surface area contributed by atoms with E-state index in [0.717, 1.165) is 34.7 Å². The molecule has 6 nitrogen and oxygen atoms in total. The number of amidine groups is 1. The van der Waals surface area contributed by atoms with Gasteiger partial charge in [0.25, 0.3) is 0 Å². The van der Waals surface area contributed by atoms with Crippen molar-refractivity contribution in [1.82, 2.24) is 5.32 Å². The minimum absolute atomic E-state index is 0.0218. The summed E-state index contributed by atoms with van der Waals surface area (Å²) < 4.78 is 0. The Hall–Kier alpha value is -2.51. The average molecular weight is 508 g/mol. The van der Waals surface area contributed by atoms with Crippen LogP contribution in [0.25, 0.3) is 0 Å². The maximum Gasteiger partial charge on any atom is 0.245 e. The molecule has 1 amide bonds. The minimum atomic E-state index is -0.339. The highest BCUT2D eigenvalue weighted by molar-refractivity contribution is 8.00. The Morgan fingerprint density at radius 2 is 2.03 bits per heavy atom. The number of nitrogens with zero attached hydrogens (tertiary/aromatic N) is 2. The molecule has 2 aromatic carbocycles. The van der Waals surface area contributed by atoms with Gasteiger partial charge in [0.1, 0.15) is 11.1 Å². The van der Waals surface area contributed by atoms with Gasteiger partial charge < -0.3 is 20.9 Å². The number of thioether (sulfide) groups is 1. The van der Waals surface area contributed by atoms with Crippen molar-refractivity contribution in [2.45, 2.75) is 80.5 Å². The van der Waals surface area contributed by atoms with Gasteiger partial charge in [0, 0.05) is 48.4 Å². The molecule has 194 valence electrons. The summed E-state index contributed by atoms with van der Waals surface area (Å²) in [7, 11) is 4.06. The van der Waals surface area contributed by atoms with Crippen LogP contribution in [-0.2, 0) is 4.79 Å². The standard InChI is InChI=1S/C29H41N5OS/c1-20-10-9-16-29(2,32-20)15-6-5-7-17-34-24-19-23(33(3)4)13-14-25(24)36-26(28(34)35)21-11-8-12-22(18-21)27(30)31/h8,11-14,18-20,26,32H,5-7,9-10,15-17H2,1-4H3,(H3,30,31)/t20-,26?,29+/m0/s1. The van der Waals surface area contributed by atoms with Crippen molar-refractivity contribution >= 4 is 34.9 Å². The molecule has 36 heavy (non-hydrogen) atoms. The van der Waals surface area contributed by atoms with E-state index in [1.54, 1.807) is 11.8 Å². The maximum atomic E-state index is 13.8. The van der Waals surface area contributed by atoms with Crippen LogP contribution in [0, 0.1) is 5.41 Å². The van der Waals surface area contributed by atoms with E-state index in [2.05, 4.69) is 42.3 Å². The number of benzene rings is 2. The highest BCUT2D eigenvalue weighted by Crippen LogP contribution is 2.47. The Kier molecular flexibility index (Phi) is 8.30. The van der Waals surface area contributed by atoms with E-state index in [0.29, 0.717) is 18.2 Å². The summed E-state index contributed by atoms with van der Waals surface area (Å²) in [6.45, 7) is 5.37. The summed E-state index contributed by atoms with van der Waals surface area (Å²) >= 11 is 1.60. The molecule has 2 aromatic rings. The quantitative estimate of drug-likeness (QED) is 0.230. The predicted molar refractivity (Wildman–Crippen MR) is 152 cm³/mol. The number of hydrogen-bond acceptors (Lipinski definition) is 5. The minimum Gasteiger partial charge on any atom is -0.384 e. The molecule has 2 aliphatic heterocycles. The Balaban J connectivity index is 1.49. The SMILES string of the molecule is C[C@H]1CCC[C@@](C)(CCCCCN2C(=O)C(c3cccc(C(=N)N)c3)Sc3ccc(N(C)C)cc32)N1. The lowest BCUT2D eigenvalue weighted by molar-refractivity contribution is -0.118. The number of carbonyl (C=O) groups excluding carboxylic acids is 1. The van der Waals surface area contributed by atoms with E-state index >= 15 is 0 Å². The summed E-state index contributed by atoms with van der Waals surface area (Å²) in [6, 6.07) is 14.5. The van der Waals surface area contributed by atoms with Crippen LogP contribution in [0.3, 0.4) is 0 Å². The van der Waals surface area contributed by atoms with Gasteiger partial charge >= 0.3 is 0 Å². The van der Waals surface area contributed by atoms with E-state index in [-0.39, 0.29) is 22.5 Å². The first-order valence-electron chi connectivity index (χ1n) is 13.2. The first-order valence-corrected chi connectivity index (χ1v) is 14.1. The zero-order valence-electron chi connectivity index (χ0n) is 22.1. The molecule has 4 N–H and O–H groups in total. The van der Waals surface area contributed by atoms with Crippen molar-refractivity contribution in [2.75, 3.05) is 30.4 Å². The molecule has 0 aliphatic carbocycles. The summed E-state index contributed by atoms with van der Waals surface area (Å²) in [5.74, 6) is 0.132. The second kappa shape index (κ2) is 11.3. The van der Waals surface area contributed by atoms with Crippen LogP contribution < -0.4 is 20.9 Å². The van der Waals surface area contributed by atoms with Gasteiger partial charge in [-0.15, -0.1) is 11.8 Å². The van der Waals surface area contributed by atoms with Gasteiger partial charge in [-0.1, -0.05) is 37.5 Å². The number of fused-ring (bicyclic) bond motifs is 1.